The molecule has 14 heavy (non-hydrogen) atoms. The second kappa shape index (κ2) is 3.80. The highest BCUT2D eigenvalue weighted by Crippen LogP contribution is 2.21. The molecule has 0 radical (unpaired) electrons. The van der Waals surface area contributed by atoms with Gasteiger partial charge >= 0.3 is 0 Å². The molecule has 1 aromatic carbocycles. The van der Waals surface area contributed by atoms with Gasteiger partial charge in [-0.1, -0.05) is 19.1 Å². The maximum atomic E-state index is 5.64. The average molecular weight is 190 g/mol. The Balaban J connectivity index is 2.43. The summed E-state index contributed by atoms with van der Waals surface area (Å²) in [6.07, 6.45) is 0.976. The Kier molecular flexibility index (Phi) is 2.50. The van der Waals surface area contributed by atoms with E-state index >= 15 is 0 Å². The van der Waals surface area contributed by atoms with Crippen LogP contribution in [0, 0.1) is 0 Å². The zero-order chi connectivity index (χ0) is 9.97. The standard InChI is InChI=1S/C11H14N2O/c1-3-8(12-2)11-13-9-6-4-5-7-10(9)14-11/h4-8,12H,3H2,1-2H3. The summed E-state index contributed by atoms with van der Waals surface area (Å²) in [6, 6.07) is 8.04. The fraction of sp³-hybridized carbons (Fsp3) is 0.364. The summed E-state index contributed by atoms with van der Waals surface area (Å²) in [5.41, 5.74) is 1.78. The monoisotopic (exact) mass is 190 g/mol. The zero-order valence-corrected chi connectivity index (χ0v) is 8.45. The number of hydrogen-bond acceptors (Lipinski definition) is 3. The van der Waals surface area contributed by atoms with Crippen molar-refractivity contribution in [3.63, 3.8) is 0 Å². The van der Waals surface area contributed by atoms with Crippen LogP contribution in [0.4, 0.5) is 0 Å². The average Bonchev–Trinajstić information content (AvgIpc) is 2.63. The van der Waals surface area contributed by atoms with Crippen LogP contribution in [-0.2, 0) is 0 Å². The molecule has 0 bridgehead atoms. The predicted molar refractivity (Wildman–Crippen MR) is 56.1 cm³/mol. The molecule has 3 heteroatoms. The lowest BCUT2D eigenvalue weighted by molar-refractivity contribution is 0.427. The van der Waals surface area contributed by atoms with E-state index in [2.05, 4.69) is 17.2 Å². The fourth-order valence-corrected chi connectivity index (χ4v) is 1.54. The Bertz CT molecular complexity index is 385. The molecule has 1 atom stereocenters. The van der Waals surface area contributed by atoms with Crippen LogP contribution in [0.1, 0.15) is 25.3 Å². The number of hydrogen-bond donors (Lipinski definition) is 1. The Labute approximate surface area is 83.1 Å². The first kappa shape index (κ1) is 9.21. The van der Waals surface area contributed by atoms with Crippen molar-refractivity contribution < 1.29 is 4.42 Å². The second-order valence-corrected chi connectivity index (χ2v) is 3.27. The molecule has 0 saturated heterocycles. The van der Waals surface area contributed by atoms with Crippen LogP contribution in [0.2, 0.25) is 0 Å². The topological polar surface area (TPSA) is 38.1 Å². The molecular formula is C11H14N2O. The molecule has 0 aliphatic rings. The van der Waals surface area contributed by atoms with Gasteiger partial charge in [-0.15, -0.1) is 0 Å². The van der Waals surface area contributed by atoms with Crippen molar-refractivity contribution >= 4 is 11.1 Å². The number of nitrogens with one attached hydrogen (secondary N) is 1. The molecule has 0 spiro atoms. The van der Waals surface area contributed by atoms with E-state index in [1.165, 1.54) is 0 Å². The van der Waals surface area contributed by atoms with Crippen molar-refractivity contribution in [2.45, 2.75) is 19.4 Å². The highest BCUT2D eigenvalue weighted by molar-refractivity contribution is 5.72. The van der Waals surface area contributed by atoms with Crippen molar-refractivity contribution in [3.05, 3.63) is 30.2 Å². The number of aromatic nitrogens is 1. The van der Waals surface area contributed by atoms with Gasteiger partial charge in [0.05, 0.1) is 6.04 Å². The third-order valence-electron chi connectivity index (χ3n) is 2.37. The molecule has 1 heterocycles. The number of fused-ring (bicyclic) bond motifs is 1. The minimum Gasteiger partial charge on any atom is -0.439 e. The summed E-state index contributed by atoms with van der Waals surface area (Å²) in [5.74, 6) is 0.774. The molecule has 1 unspecified atom stereocenters. The summed E-state index contributed by atoms with van der Waals surface area (Å²) in [6.45, 7) is 2.11. The van der Waals surface area contributed by atoms with Crippen LogP contribution < -0.4 is 5.32 Å². The Morgan fingerprint density at radius 3 is 2.86 bits per heavy atom. The van der Waals surface area contributed by atoms with E-state index < -0.39 is 0 Å². The van der Waals surface area contributed by atoms with Gasteiger partial charge in [-0.05, 0) is 25.6 Å². The SMILES string of the molecule is CCC(NC)c1nc2ccccc2o1. The number of benzene rings is 1. The van der Waals surface area contributed by atoms with Crippen LogP contribution >= 0.6 is 0 Å². The maximum Gasteiger partial charge on any atom is 0.212 e. The molecule has 1 N–H and O–H groups in total. The molecule has 0 aliphatic carbocycles. The van der Waals surface area contributed by atoms with E-state index in [0.29, 0.717) is 0 Å². The summed E-state index contributed by atoms with van der Waals surface area (Å²) < 4.78 is 5.64. The maximum absolute atomic E-state index is 5.64. The molecule has 0 fully saturated rings. The van der Waals surface area contributed by atoms with Gasteiger partial charge in [-0.25, -0.2) is 4.98 Å². The lowest BCUT2D eigenvalue weighted by Crippen LogP contribution is -2.15. The minimum absolute atomic E-state index is 0.211. The van der Waals surface area contributed by atoms with Crippen LogP contribution in [0.5, 0.6) is 0 Å². The van der Waals surface area contributed by atoms with E-state index in [4.69, 9.17) is 4.42 Å². The van der Waals surface area contributed by atoms with Crippen LogP contribution in [0.3, 0.4) is 0 Å². The van der Waals surface area contributed by atoms with Crippen molar-refractivity contribution in [1.82, 2.24) is 10.3 Å². The lowest BCUT2D eigenvalue weighted by atomic mass is 10.2. The summed E-state index contributed by atoms with van der Waals surface area (Å²) in [5, 5.41) is 3.17. The Hall–Kier alpha value is -1.35. The van der Waals surface area contributed by atoms with Gasteiger partial charge in [-0.2, -0.15) is 0 Å². The van der Waals surface area contributed by atoms with Crippen LogP contribution in [0.25, 0.3) is 11.1 Å². The largest absolute Gasteiger partial charge is 0.439 e. The fourth-order valence-electron chi connectivity index (χ4n) is 1.54. The zero-order valence-electron chi connectivity index (χ0n) is 8.45. The molecule has 74 valence electrons. The highest BCUT2D eigenvalue weighted by Gasteiger charge is 2.13. The van der Waals surface area contributed by atoms with Gasteiger partial charge in [0.15, 0.2) is 5.58 Å². The smallest absolute Gasteiger partial charge is 0.212 e. The van der Waals surface area contributed by atoms with Gasteiger partial charge in [0, 0.05) is 0 Å². The van der Waals surface area contributed by atoms with Gasteiger partial charge < -0.3 is 9.73 Å². The second-order valence-electron chi connectivity index (χ2n) is 3.27. The number of para-hydroxylation sites is 2. The van der Waals surface area contributed by atoms with Crippen molar-refractivity contribution in [3.8, 4) is 0 Å². The van der Waals surface area contributed by atoms with Crippen LogP contribution in [0.15, 0.2) is 28.7 Å². The van der Waals surface area contributed by atoms with Gasteiger partial charge in [0.2, 0.25) is 5.89 Å². The highest BCUT2D eigenvalue weighted by atomic mass is 16.3. The molecule has 2 rings (SSSR count). The van der Waals surface area contributed by atoms with Gasteiger partial charge in [-0.3, -0.25) is 0 Å². The van der Waals surface area contributed by atoms with Gasteiger partial charge in [0.1, 0.15) is 5.52 Å². The third-order valence-corrected chi connectivity index (χ3v) is 2.37. The van der Waals surface area contributed by atoms with Crippen molar-refractivity contribution in [1.29, 1.82) is 0 Å². The predicted octanol–water partition coefficient (Wildman–Crippen LogP) is 2.50. The summed E-state index contributed by atoms with van der Waals surface area (Å²) in [4.78, 5) is 4.43. The van der Waals surface area contributed by atoms with Gasteiger partial charge in [0.25, 0.3) is 0 Å². The number of oxazole rings is 1. The van der Waals surface area contributed by atoms with E-state index in [-0.39, 0.29) is 6.04 Å². The summed E-state index contributed by atoms with van der Waals surface area (Å²) in [7, 11) is 1.92. The molecular weight excluding hydrogens is 176 g/mol. The Morgan fingerprint density at radius 2 is 2.21 bits per heavy atom. The molecule has 0 saturated carbocycles. The Morgan fingerprint density at radius 1 is 1.43 bits per heavy atom. The van der Waals surface area contributed by atoms with Crippen molar-refractivity contribution in [2.75, 3.05) is 7.05 Å². The normalized spacial score (nSPS) is 13.3. The third kappa shape index (κ3) is 1.51. The first-order valence-corrected chi connectivity index (χ1v) is 4.88. The number of nitrogens with zero attached hydrogens (tertiary/aromatic N) is 1. The van der Waals surface area contributed by atoms with E-state index in [0.717, 1.165) is 23.4 Å². The number of rotatable bonds is 3. The van der Waals surface area contributed by atoms with E-state index in [9.17, 15) is 0 Å². The quantitative estimate of drug-likeness (QED) is 0.808. The minimum atomic E-state index is 0.211. The first-order valence-electron chi connectivity index (χ1n) is 4.88. The molecule has 0 amide bonds. The summed E-state index contributed by atoms with van der Waals surface area (Å²) >= 11 is 0. The lowest BCUT2D eigenvalue weighted by Gasteiger charge is -2.07. The first-order chi connectivity index (χ1) is 6.85. The molecule has 0 aliphatic heterocycles. The van der Waals surface area contributed by atoms with E-state index in [1.54, 1.807) is 0 Å². The van der Waals surface area contributed by atoms with Crippen molar-refractivity contribution in [2.24, 2.45) is 0 Å². The molecule has 2 aromatic rings. The molecule has 1 aromatic heterocycles. The van der Waals surface area contributed by atoms with E-state index in [1.807, 2.05) is 31.3 Å². The molecule has 3 nitrogen and oxygen atoms in total. The van der Waals surface area contributed by atoms with Crippen LogP contribution in [-0.4, -0.2) is 12.0 Å².